The molecule has 0 unspecified atom stereocenters. The van der Waals surface area contributed by atoms with E-state index in [9.17, 15) is 9.50 Å². The van der Waals surface area contributed by atoms with Gasteiger partial charge in [-0.2, -0.15) is 0 Å². The molecule has 180 valence electrons. The van der Waals surface area contributed by atoms with Crippen LogP contribution in [0.3, 0.4) is 0 Å². The molecule has 0 aliphatic carbocycles. The van der Waals surface area contributed by atoms with Gasteiger partial charge in [-0.05, 0) is 30.2 Å². The maximum Gasteiger partial charge on any atom is 0.213 e. The van der Waals surface area contributed by atoms with Gasteiger partial charge in [0.1, 0.15) is 19.0 Å². The number of nitrogens with zero attached hydrogens (tertiary/aromatic N) is 3. The molecule has 0 amide bonds. The number of nitrogens with one attached hydrogen (secondary N) is 1. The van der Waals surface area contributed by atoms with Gasteiger partial charge in [0, 0.05) is 50.3 Å². The topological polar surface area (TPSA) is 89.0 Å². The Bertz CT molecular complexity index is 1160. The van der Waals surface area contributed by atoms with E-state index in [4.69, 9.17) is 14.2 Å². The summed E-state index contributed by atoms with van der Waals surface area (Å²) in [7, 11) is 1.54. The molecule has 0 spiro atoms. The molecular weight excluding hydrogens is 439 g/mol. The minimum absolute atomic E-state index is 0.106. The van der Waals surface area contributed by atoms with Crippen LogP contribution in [-0.2, 0) is 13.0 Å². The summed E-state index contributed by atoms with van der Waals surface area (Å²) in [6.07, 6.45) is 1.30. The lowest BCUT2D eigenvalue weighted by Gasteiger charge is -2.19. The van der Waals surface area contributed by atoms with Crippen molar-refractivity contribution in [3.8, 4) is 17.4 Å². The van der Waals surface area contributed by atoms with Crippen LogP contribution in [0.2, 0.25) is 0 Å². The zero-order valence-corrected chi connectivity index (χ0v) is 19.2. The van der Waals surface area contributed by atoms with Crippen molar-refractivity contribution in [3.63, 3.8) is 0 Å². The van der Waals surface area contributed by atoms with Crippen molar-refractivity contribution in [2.45, 2.75) is 19.1 Å². The van der Waals surface area contributed by atoms with Gasteiger partial charge in [0.15, 0.2) is 11.5 Å². The van der Waals surface area contributed by atoms with E-state index in [1.807, 2.05) is 18.2 Å². The highest BCUT2D eigenvalue weighted by Gasteiger charge is 2.31. The molecule has 1 fully saturated rings. The molecule has 2 aliphatic heterocycles. The van der Waals surface area contributed by atoms with Crippen LogP contribution in [0.25, 0.3) is 11.0 Å². The second-order valence-corrected chi connectivity index (χ2v) is 8.75. The number of halogens is 1. The summed E-state index contributed by atoms with van der Waals surface area (Å²) in [5.41, 5.74) is 2.80. The number of methoxy groups -OCH3 is 1. The molecule has 1 aromatic carbocycles. The molecule has 0 radical (unpaired) electrons. The van der Waals surface area contributed by atoms with Crippen molar-refractivity contribution in [1.82, 2.24) is 20.2 Å². The van der Waals surface area contributed by atoms with Crippen LogP contribution >= 0.6 is 0 Å². The van der Waals surface area contributed by atoms with Crippen molar-refractivity contribution in [3.05, 3.63) is 53.5 Å². The molecule has 8 nitrogen and oxygen atoms in total. The Labute approximate surface area is 197 Å². The fraction of sp³-hybridized carbons (Fsp3) is 0.440. The van der Waals surface area contributed by atoms with Gasteiger partial charge in [-0.25, -0.2) is 9.37 Å². The van der Waals surface area contributed by atoms with Crippen molar-refractivity contribution in [1.29, 1.82) is 0 Å². The molecule has 2 aromatic heterocycles. The first-order valence-corrected chi connectivity index (χ1v) is 11.6. The molecule has 2 N–H and O–H groups in total. The van der Waals surface area contributed by atoms with Gasteiger partial charge in [0.05, 0.1) is 30.4 Å². The maximum atomic E-state index is 14.6. The second-order valence-electron chi connectivity index (χ2n) is 8.75. The van der Waals surface area contributed by atoms with Crippen LogP contribution in [-0.4, -0.2) is 72.6 Å². The van der Waals surface area contributed by atoms with E-state index in [1.54, 1.807) is 12.1 Å². The Kier molecular flexibility index (Phi) is 6.75. The van der Waals surface area contributed by atoms with E-state index in [2.05, 4.69) is 20.2 Å². The van der Waals surface area contributed by atoms with Crippen molar-refractivity contribution >= 4 is 11.0 Å². The first kappa shape index (κ1) is 22.8. The van der Waals surface area contributed by atoms with Gasteiger partial charge in [-0.3, -0.25) is 4.98 Å². The summed E-state index contributed by atoms with van der Waals surface area (Å²) < 4.78 is 31.0. The van der Waals surface area contributed by atoms with Gasteiger partial charge < -0.3 is 29.5 Å². The first-order valence-electron chi connectivity index (χ1n) is 11.6. The SMILES string of the molecule is COc1ccc2ncc(F)c(CCN3C[C@H](CNCc4ccc5c(c4)OCCO5)[C@H](O)C3)c2n1. The zero-order valence-electron chi connectivity index (χ0n) is 19.2. The lowest BCUT2D eigenvalue weighted by atomic mass is 10.1. The van der Waals surface area contributed by atoms with E-state index in [-0.39, 0.29) is 11.7 Å². The molecule has 5 rings (SSSR count). The number of aromatic nitrogens is 2. The highest BCUT2D eigenvalue weighted by atomic mass is 19.1. The van der Waals surface area contributed by atoms with Crippen LogP contribution in [0, 0.1) is 11.7 Å². The molecule has 1 saturated heterocycles. The number of aliphatic hydroxyl groups is 1. The van der Waals surface area contributed by atoms with Crippen LogP contribution in [0.15, 0.2) is 36.5 Å². The fourth-order valence-corrected chi connectivity index (χ4v) is 4.62. The summed E-state index contributed by atoms with van der Waals surface area (Å²) in [5, 5.41) is 14.0. The Morgan fingerprint density at radius 3 is 2.88 bits per heavy atom. The number of rotatable bonds is 8. The van der Waals surface area contributed by atoms with E-state index < -0.39 is 6.10 Å². The third-order valence-corrected chi connectivity index (χ3v) is 6.45. The highest BCUT2D eigenvalue weighted by Crippen LogP contribution is 2.30. The first-order chi connectivity index (χ1) is 16.6. The van der Waals surface area contributed by atoms with Gasteiger partial charge in [0.25, 0.3) is 0 Å². The predicted molar refractivity (Wildman–Crippen MR) is 125 cm³/mol. The number of benzene rings is 1. The molecule has 0 saturated carbocycles. The smallest absolute Gasteiger partial charge is 0.213 e. The largest absolute Gasteiger partial charge is 0.486 e. The van der Waals surface area contributed by atoms with Gasteiger partial charge in [-0.1, -0.05) is 6.07 Å². The Morgan fingerprint density at radius 1 is 1.18 bits per heavy atom. The number of ether oxygens (including phenoxy) is 3. The summed E-state index contributed by atoms with van der Waals surface area (Å²) in [4.78, 5) is 10.7. The van der Waals surface area contributed by atoms with Crippen LogP contribution < -0.4 is 19.5 Å². The van der Waals surface area contributed by atoms with Crippen LogP contribution in [0.1, 0.15) is 11.1 Å². The summed E-state index contributed by atoms with van der Waals surface area (Å²) in [6, 6.07) is 9.46. The van der Waals surface area contributed by atoms with Crippen molar-refractivity contribution in [2.24, 2.45) is 5.92 Å². The maximum absolute atomic E-state index is 14.6. The highest BCUT2D eigenvalue weighted by molar-refractivity contribution is 5.78. The monoisotopic (exact) mass is 468 g/mol. The number of hydrogen-bond donors (Lipinski definition) is 2. The van der Waals surface area contributed by atoms with E-state index in [0.717, 1.165) is 23.6 Å². The molecule has 3 aromatic rings. The summed E-state index contributed by atoms with van der Waals surface area (Å²) >= 11 is 0. The fourth-order valence-electron chi connectivity index (χ4n) is 4.62. The number of aliphatic hydroxyl groups excluding tert-OH is 1. The lowest BCUT2D eigenvalue weighted by Crippen LogP contribution is -2.30. The Hall–Kier alpha value is -3.01. The molecule has 2 atom stereocenters. The molecule has 9 heteroatoms. The van der Waals surface area contributed by atoms with E-state index in [0.29, 0.717) is 68.3 Å². The quantitative estimate of drug-likeness (QED) is 0.520. The van der Waals surface area contributed by atoms with Gasteiger partial charge in [0.2, 0.25) is 5.88 Å². The number of pyridine rings is 2. The number of fused-ring (bicyclic) bond motifs is 2. The standard InChI is InChI=1S/C25H29FN4O4/c1-32-24-5-3-20-25(29-24)18(19(26)13-28-20)6-7-30-14-17(21(31)15-30)12-27-11-16-2-4-22-23(10-16)34-9-8-33-22/h2-5,10,13,17,21,27,31H,6-9,11-12,14-15H2,1H3/t17-,21+/m0/s1. The predicted octanol–water partition coefficient (Wildman–Crippen LogP) is 2.17. The average molecular weight is 469 g/mol. The molecule has 0 bridgehead atoms. The van der Waals surface area contributed by atoms with E-state index >= 15 is 0 Å². The molecule has 34 heavy (non-hydrogen) atoms. The third kappa shape index (κ3) is 4.91. The minimum Gasteiger partial charge on any atom is -0.486 e. The van der Waals surface area contributed by atoms with E-state index in [1.165, 1.54) is 13.3 Å². The number of hydrogen-bond acceptors (Lipinski definition) is 8. The lowest BCUT2D eigenvalue weighted by molar-refractivity contribution is 0.140. The van der Waals surface area contributed by atoms with Gasteiger partial charge in [-0.15, -0.1) is 0 Å². The number of likely N-dealkylation sites (tertiary alicyclic amines) is 1. The van der Waals surface area contributed by atoms with Gasteiger partial charge >= 0.3 is 0 Å². The molecular formula is C25H29FN4O4. The Morgan fingerprint density at radius 2 is 2.03 bits per heavy atom. The summed E-state index contributed by atoms with van der Waals surface area (Å²) in [6.45, 7) is 4.46. The average Bonchev–Trinajstić information content (AvgIpc) is 3.22. The summed E-state index contributed by atoms with van der Waals surface area (Å²) in [5.74, 6) is 1.73. The third-order valence-electron chi connectivity index (χ3n) is 6.45. The minimum atomic E-state index is -0.426. The molecule has 2 aliphatic rings. The van der Waals surface area contributed by atoms with Crippen molar-refractivity contribution in [2.75, 3.05) is 46.5 Å². The Balaban J connectivity index is 1.15. The second kappa shape index (κ2) is 10.1. The van der Waals surface area contributed by atoms with Crippen LogP contribution in [0.5, 0.6) is 17.4 Å². The normalized spacial score (nSPS) is 20.1. The number of β-amino-alcohol motifs (C(OH)–C–C–N with tert-alkyl or cyclic N) is 1. The molecule has 4 heterocycles. The van der Waals surface area contributed by atoms with Crippen LogP contribution in [0.4, 0.5) is 4.39 Å². The zero-order chi connectivity index (χ0) is 23.5. The van der Waals surface area contributed by atoms with Crippen molar-refractivity contribution < 1.29 is 23.7 Å².